The van der Waals surface area contributed by atoms with Crippen LogP contribution in [0.5, 0.6) is 5.75 Å². The summed E-state index contributed by atoms with van der Waals surface area (Å²) in [5.74, 6) is 1.50. The predicted octanol–water partition coefficient (Wildman–Crippen LogP) is 3.13. The summed E-state index contributed by atoms with van der Waals surface area (Å²) < 4.78 is 10.7. The summed E-state index contributed by atoms with van der Waals surface area (Å²) in [7, 11) is 0. The zero-order valence-electron chi connectivity index (χ0n) is 12.9. The van der Waals surface area contributed by atoms with Crippen molar-refractivity contribution in [3.63, 3.8) is 0 Å². The molecule has 1 N–H and O–H groups in total. The largest absolute Gasteiger partial charge is 0.484 e. The minimum Gasteiger partial charge on any atom is -0.484 e. The molecule has 5 heteroatoms. The monoisotopic (exact) mass is 300 g/mol. The van der Waals surface area contributed by atoms with Gasteiger partial charge in [-0.3, -0.25) is 10.1 Å². The van der Waals surface area contributed by atoms with Crippen molar-refractivity contribution in [1.82, 2.24) is 5.16 Å². The number of amides is 1. The molecule has 1 atom stereocenters. The van der Waals surface area contributed by atoms with Gasteiger partial charge in [-0.25, -0.2) is 0 Å². The number of hydrogen-bond acceptors (Lipinski definition) is 4. The van der Waals surface area contributed by atoms with Crippen LogP contribution < -0.4 is 10.1 Å². The maximum Gasteiger partial charge on any atom is 0.264 e. The third kappa shape index (κ3) is 3.30. The Morgan fingerprint density at radius 2 is 2.18 bits per heavy atom. The van der Waals surface area contributed by atoms with E-state index in [-0.39, 0.29) is 12.5 Å². The minimum atomic E-state index is -0.238. The Bertz CT molecular complexity index is 661. The highest BCUT2D eigenvalue weighted by molar-refractivity contribution is 5.91. The van der Waals surface area contributed by atoms with Gasteiger partial charge in [0.25, 0.3) is 5.91 Å². The second-order valence-electron chi connectivity index (χ2n) is 5.93. The topological polar surface area (TPSA) is 64.4 Å². The van der Waals surface area contributed by atoms with E-state index in [4.69, 9.17) is 9.26 Å². The van der Waals surface area contributed by atoms with Crippen LogP contribution in [0.2, 0.25) is 0 Å². The van der Waals surface area contributed by atoms with Gasteiger partial charge in [-0.2, -0.15) is 0 Å². The van der Waals surface area contributed by atoms with E-state index < -0.39 is 0 Å². The lowest BCUT2D eigenvalue weighted by Gasteiger charge is -2.16. The summed E-state index contributed by atoms with van der Waals surface area (Å²) in [6.07, 6.45) is 2.92. The standard InChI is InChI=1S/C17H20N2O3/c1-11-3-6-13(7-4-11)21-10-16(20)18-17-14-9-12(2)5-8-15(14)19-22-17/h3-4,6-7,12H,5,8-10H2,1-2H3,(H,18,20). The number of nitrogens with one attached hydrogen (secondary N) is 1. The molecule has 5 nitrogen and oxygen atoms in total. The fourth-order valence-corrected chi connectivity index (χ4v) is 2.63. The number of carbonyl (C=O) groups excluding carboxylic acids is 1. The van der Waals surface area contributed by atoms with Crippen molar-refractivity contribution in [1.29, 1.82) is 0 Å². The summed E-state index contributed by atoms with van der Waals surface area (Å²) in [6.45, 7) is 4.15. The molecule has 0 fully saturated rings. The molecule has 1 heterocycles. The zero-order valence-corrected chi connectivity index (χ0v) is 12.9. The lowest BCUT2D eigenvalue weighted by molar-refractivity contribution is -0.118. The molecule has 3 rings (SSSR count). The highest BCUT2D eigenvalue weighted by Gasteiger charge is 2.24. The zero-order chi connectivity index (χ0) is 15.5. The van der Waals surface area contributed by atoms with Crippen LogP contribution in [0.15, 0.2) is 28.8 Å². The third-order valence-electron chi connectivity index (χ3n) is 3.94. The Kier molecular flexibility index (Phi) is 4.13. The molecular formula is C17H20N2O3. The average Bonchev–Trinajstić information content (AvgIpc) is 2.89. The molecule has 1 unspecified atom stereocenters. The van der Waals surface area contributed by atoms with Crippen molar-refractivity contribution in [2.45, 2.75) is 33.1 Å². The lowest BCUT2D eigenvalue weighted by Crippen LogP contribution is -2.21. The Morgan fingerprint density at radius 3 is 2.95 bits per heavy atom. The molecule has 2 aromatic rings. The maximum absolute atomic E-state index is 12.0. The van der Waals surface area contributed by atoms with Gasteiger partial charge in [-0.15, -0.1) is 0 Å². The first-order valence-corrected chi connectivity index (χ1v) is 7.58. The first-order valence-electron chi connectivity index (χ1n) is 7.58. The highest BCUT2D eigenvalue weighted by atomic mass is 16.5. The molecule has 0 radical (unpaired) electrons. The van der Waals surface area contributed by atoms with Gasteiger partial charge in [0.05, 0.1) is 5.69 Å². The van der Waals surface area contributed by atoms with Crippen LogP contribution >= 0.6 is 0 Å². The normalized spacial score (nSPS) is 16.9. The number of rotatable bonds is 4. The first-order chi connectivity index (χ1) is 10.6. The van der Waals surface area contributed by atoms with Crippen LogP contribution in [-0.4, -0.2) is 17.7 Å². The minimum absolute atomic E-state index is 0.0475. The molecule has 1 aliphatic carbocycles. The number of fused-ring (bicyclic) bond motifs is 1. The number of aromatic nitrogens is 1. The smallest absolute Gasteiger partial charge is 0.264 e. The van der Waals surface area contributed by atoms with Gasteiger partial charge >= 0.3 is 0 Å². The summed E-state index contributed by atoms with van der Waals surface area (Å²) in [5.41, 5.74) is 3.15. The van der Waals surface area contributed by atoms with Crippen LogP contribution in [0.3, 0.4) is 0 Å². The van der Waals surface area contributed by atoms with E-state index in [1.807, 2.05) is 31.2 Å². The van der Waals surface area contributed by atoms with Crippen molar-refractivity contribution in [3.05, 3.63) is 41.1 Å². The Hall–Kier alpha value is -2.30. The molecule has 22 heavy (non-hydrogen) atoms. The van der Waals surface area contributed by atoms with Gasteiger partial charge in [0.15, 0.2) is 6.61 Å². The van der Waals surface area contributed by atoms with Crippen molar-refractivity contribution < 1.29 is 14.1 Å². The second kappa shape index (κ2) is 6.22. The van der Waals surface area contributed by atoms with Gasteiger partial charge < -0.3 is 9.26 Å². The van der Waals surface area contributed by atoms with Gasteiger partial charge in [-0.1, -0.05) is 29.8 Å². The molecule has 0 spiro atoms. The quantitative estimate of drug-likeness (QED) is 0.942. The van der Waals surface area contributed by atoms with E-state index in [1.54, 1.807) is 0 Å². The van der Waals surface area contributed by atoms with Gasteiger partial charge in [0, 0.05) is 5.56 Å². The summed E-state index contributed by atoms with van der Waals surface area (Å²) >= 11 is 0. The van der Waals surface area contributed by atoms with Crippen LogP contribution in [0.25, 0.3) is 0 Å². The fraction of sp³-hybridized carbons (Fsp3) is 0.412. The molecule has 1 aromatic heterocycles. The molecule has 1 aliphatic rings. The number of hydrogen-bond donors (Lipinski definition) is 1. The van der Waals surface area contributed by atoms with E-state index >= 15 is 0 Å². The molecule has 1 aromatic carbocycles. The van der Waals surface area contributed by atoms with Crippen LogP contribution in [-0.2, 0) is 17.6 Å². The molecule has 1 amide bonds. The van der Waals surface area contributed by atoms with Crippen LogP contribution in [0.4, 0.5) is 5.88 Å². The number of carbonyl (C=O) groups is 1. The van der Waals surface area contributed by atoms with Crippen molar-refractivity contribution >= 4 is 11.8 Å². The number of ether oxygens (including phenoxy) is 1. The average molecular weight is 300 g/mol. The van der Waals surface area contributed by atoms with Crippen LogP contribution in [0, 0.1) is 12.8 Å². The lowest BCUT2D eigenvalue weighted by atomic mass is 9.89. The Balaban J connectivity index is 1.58. The fourth-order valence-electron chi connectivity index (χ4n) is 2.63. The second-order valence-corrected chi connectivity index (χ2v) is 5.93. The number of aryl methyl sites for hydroxylation is 2. The van der Waals surface area contributed by atoms with Gasteiger partial charge in [0.2, 0.25) is 5.88 Å². The van der Waals surface area contributed by atoms with Crippen molar-refractivity contribution in [2.75, 3.05) is 11.9 Å². The SMILES string of the molecule is Cc1ccc(OCC(=O)Nc2onc3c2CC(C)CC3)cc1. The number of benzene rings is 1. The van der Waals surface area contributed by atoms with Gasteiger partial charge in [0.1, 0.15) is 5.75 Å². The molecule has 0 aliphatic heterocycles. The number of nitrogens with zero attached hydrogens (tertiary/aromatic N) is 1. The summed E-state index contributed by atoms with van der Waals surface area (Å²) in [4.78, 5) is 12.0. The highest BCUT2D eigenvalue weighted by Crippen LogP contribution is 2.30. The summed E-state index contributed by atoms with van der Waals surface area (Å²) in [6, 6.07) is 7.59. The van der Waals surface area contributed by atoms with Crippen LogP contribution in [0.1, 0.15) is 30.2 Å². The molecule has 0 saturated heterocycles. The van der Waals surface area contributed by atoms with Gasteiger partial charge in [-0.05, 0) is 44.2 Å². The van der Waals surface area contributed by atoms with Crippen molar-refractivity contribution in [3.8, 4) is 5.75 Å². The van der Waals surface area contributed by atoms with E-state index in [9.17, 15) is 4.79 Å². The summed E-state index contributed by atoms with van der Waals surface area (Å²) in [5, 5.41) is 6.80. The molecular weight excluding hydrogens is 280 g/mol. The Labute approximate surface area is 129 Å². The number of anilines is 1. The molecule has 0 saturated carbocycles. The van der Waals surface area contributed by atoms with E-state index in [1.165, 1.54) is 0 Å². The predicted molar refractivity (Wildman–Crippen MR) is 83.0 cm³/mol. The maximum atomic E-state index is 12.0. The molecule has 116 valence electrons. The van der Waals surface area contributed by atoms with E-state index in [0.29, 0.717) is 17.6 Å². The molecule has 0 bridgehead atoms. The first kappa shape index (κ1) is 14.6. The van der Waals surface area contributed by atoms with Crippen molar-refractivity contribution in [2.24, 2.45) is 5.92 Å². The van der Waals surface area contributed by atoms with E-state index in [2.05, 4.69) is 17.4 Å². The third-order valence-corrected chi connectivity index (χ3v) is 3.94. The van der Waals surface area contributed by atoms with E-state index in [0.717, 1.165) is 36.1 Å². The Morgan fingerprint density at radius 1 is 1.41 bits per heavy atom.